The number of hydrogen-bond acceptors (Lipinski definition) is 3. The molecule has 1 saturated heterocycles. The number of nitrogens with one attached hydrogen (secondary N) is 1. The molecule has 3 rings (SSSR count). The lowest BCUT2D eigenvalue weighted by Crippen LogP contribution is -2.28. The molecule has 1 aliphatic heterocycles. The first-order valence-corrected chi connectivity index (χ1v) is 8.77. The SMILES string of the molecule is O=C(CC1CC2CCC1C2)NCCCOCC1CCCO1. The van der Waals surface area contributed by atoms with Crippen molar-refractivity contribution in [1.29, 1.82) is 0 Å². The highest BCUT2D eigenvalue weighted by Gasteiger charge is 2.39. The fourth-order valence-electron chi connectivity index (χ4n) is 4.33. The fourth-order valence-corrected chi connectivity index (χ4v) is 4.33. The lowest BCUT2D eigenvalue weighted by Gasteiger charge is -2.20. The van der Waals surface area contributed by atoms with Crippen LogP contribution in [-0.2, 0) is 14.3 Å². The quantitative estimate of drug-likeness (QED) is 0.700. The van der Waals surface area contributed by atoms with Crippen LogP contribution in [0.25, 0.3) is 0 Å². The Morgan fingerprint density at radius 3 is 2.90 bits per heavy atom. The monoisotopic (exact) mass is 295 g/mol. The van der Waals surface area contributed by atoms with E-state index in [4.69, 9.17) is 9.47 Å². The van der Waals surface area contributed by atoms with Crippen molar-refractivity contribution in [3.05, 3.63) is 0 Å². The van der Waals surface area contributed by atoms with Crippen LogP contribution in [0.2, 0.25) is 0 Å². The van der Waals surface area contributed by atoms with Crippen LogP contribution in [0.15, 0.2) is 0 Å². The van der Waals surface area contributed by atoms with Crippen molar-refractivity contribution in [2.45, 2.75) is 57.5 Å². The highest BCUT2D eigenvalue weighted by atomic mass is 16.5. The molecule has 2 saturated carbocycles. The highest BCUT2D eigenvalue weighted by molar-refractivity contribution is 5.76. The summed E-state index contributed by atoms with van der Waals surface area (Å²) in [6.07, 6.45) is 9.68. The molecule has 0 spiro atoms. The van der Waals surface area contributed by atoms with Gasteiger partial charge in [0.05, 0.1) is 12.7 Å². The van der Waals surface area contributed by atoms with E-state index in [9.17, 15) is 4.79 Å². The van der Waals surface area contributed by atoms with Crippen LogP contribution < -0.4 is 5.32 Å². The van der Waals surface area contributed by atoms with Crippen LogP contribution in [0.5, 0.6) is 0 Å². The third kappa shape index (κ3) is 4.43. The largest absolute Gasteiger partial charge is 0.379 e. The van der Waals surface area contributed by atoms with Gasteiger partial charge < -0.3 is 14.8 Å². The zero-order valence-electron chi connectivity index (χ0n) is 13.0. The van der Waals surface area contributed by atoms with E-state index in [1.165, 1.54) is 25.7 Å². The van der Waals surface area contributed by atoms with Crippen molar-refractivity contribution in [2.75, 3.05) is 26.4 Å². The molecule has 4 nitrogen and oxygen atoms in total. The molecule has 2 aliphatic carbocycles. The average molecular weight is 295 g/mol. The summed E-state index contributed by atoms with van der Waals surface area (Å²) in [6.45, 7) is 3.05. The summed E-state index contributed by atoms with van der Waals surface area (Å²) in [5, 5.41) is 3.05. The minimum absolute atomic E-state index is 0.242. The minimum Gasteiger partial charge on any atom is -0.379 e. The molecule has 1 heterocycles. The van der Waals surface area contributed by atoms with Gasteiger partial charge in [-0.05, 0) is 56.3 Å². The van der Waals surface area contributed by atoms with Crippen LogP contribution in [-0.4, -0.2) is 38.4 Å². The Balaban J connectivity index is 1.18. The lowest BCUT2D eigenvalue weighted by atomic mass is 9.86. The first-order chi connectivity index (χ1) is 10.3. The Labute approximate surface area is 127 Å². The standard InChI is InChI=1S/C17H29NO3/c19-17(11-15-10-13-4-5-14(15)9-13)18-6-2-7-20-12-16-3-1-8-21-16/h13-16H,1-12H2,(H,18,19). The van der Waals surface area contributed by atoms with Gasteiger partial charge in [-0.25, -0.2) is 0 Å². The number of carbonyl (C=O) groups is 1. The zero-order chi connectivity index (χ0) is 14.5. The maximum atomic E-state index is 11.9. The molecule has 4 atom stereocenters. The molecule has 1 amide bonds. The lowest BCUT2D eigenvalue weighted by molar-refractivity contribution is -0.122. The second-order valence-electron chi connectivity index (χ2n) is 7.05. The average Bonchev–Trinajstić information content (AvgIpc) is 3.19. The van der Waals surface area contributed by atoms with Crippen molar-refractivity contribution < 1.29 is 14.3 Å². The topological polar surface area (TPSA) is 47.6 Å². The van der Waals surface area contributed by atoms with Gasteiger partial charge in [0, 0.05) is 26.2 Å². The number of hydrogen-bond donors (Lipinski definition) is 1. The van der Waals surface area contributed by atoms with Gasteiger partial charge in [-0.15, -0.1) is 0 Å². The summed E-state index contributed by atoms with van der Waals surface area (Å²) in [4.78, 5) is 11.9. The predicted molar refractivity (Wildman–Crippen MR) is 81.0 cm³/mol. The summed E-state index contributed by atoms with van der Waals surface area (Å²) in [6, 6.07) is 0. The summed E-state index contributed by atoms with van der Waals surface area (Å²) >= 11 is 0. The van der Waals surface area contributed by atoms with Crippen molar-refractivity contribution in [1.82, 2.24) is 5.32 Å². The van der Waals surface area contributed by atoms with Crippen LogP contribution >= 0.6 is 0 Å². The molecule has 0 aromatic heterocycles. The van der Waals surface area contributed by atoms with Gasteiger partial charge in [-0.2, -0.15) is 0 Å². The molecule has 0 aromatic carbocycles. The Morgan fingerprint density at radius 2 is 2.19 bits per heavy atom. The molecule has 1 N–H and O–H groups in total. The van der Waals surface area contributed by atoms with Gasteiger partial charge in [0.1, 0.15) is 0 Å². The van der Waals surface area contributed by atoms with E-state index in [0.29, 0.717) is 25.2 Å². The second-order valence-corrected chi connectivity index (χ2v) is 7.05. The van der Waals surface area contributed by atoms with Gasteiger partial charge in [0.2, 0.25) is 5.91 Å². The van der Waals surface area contributed by atoms with Crippen LogP contribution in [0.1, 0.15) is 51.4 Å². The molecule has 4 heteroatoms. The number of rotatable bonds is 8. The fraction of sp³-hybridized carbons (Fsp3) is 0.941. The van der Waals surface area contributed by atoms with E-state index in [-0.39, 0.29) is 5.91 Å². The van der Waals surface area contributed by atoms with Gasteiger partial charge in [-0.1, -0.05) is 6.42 Å². The smallest absolute Gasteiger partial charge is 0.220 e. The van der Waals surface area contributed by atoms with Gasteiger partial charge >= 0.3 is 0 Å². The molecule has 0 radical (unpaired) electrons. The number of carbonyl (C=O) groups excluding carboxylic acids is 1. The Bertz CT molecular complexity index is 341. The Morgan fingerprint density at radius 1 is 1.24 bits per heavy atom. The van der Waals surface area contributed by atoms with E-state index in [1.54, 1.807) is 0 Å². The van der Waals surface area contributed by atoms with Gasteiger partial charge in [0.25, 0.3) is 0 Å². The minimum atomic E-state index is 0.242. The first-order valence-electron chi connectivity index (χ1n) is 8.77. The summed E-state index contributed by atoms with van der Waals surface area (Å²) in [7, 11) is 0. The maximum Gasteiger partial charge on any atom is 0.220 e. The number of fused-ring (bicyclic) bond motifs is 2. The molecular formula is C17H29NO3. The van der Waals surface area contributed by atoms with Crippen LogP contribution in [0, 0.1) is 17.8 Å². The van der Waals surface area contributed by atoms with E-state index in [0.717, 1.165) is 50.7 Å². The normalized spacial score (nSPS) is 34.5. The van der Waals surface area contributed by atoms with Gasteiger partial charge in [0.15, 0.2) is 0 Å². The van der Waals surface area contributed by atoms with E-state index >= 15 is 0 Å². The molecule has 2 bridgehead atoms. The van der Waals surface area contributed by atoms with Crippen molar-refractivity contribution in [3.8, 4) is 0 Å². The molecule has 3 fully saturated rings. The summed E-state index contributed by atoms with van der Waals surface area (Å²) in [5.41, 5.74) is 0. The first kappa shape index (κ1) is 15.3. The molecular weight excluding hydrogens is 266 g/mol. The third-order valence-corrected chi connectivity index (χ3v) is 5.45. The highest BCUT2D eigenvalue weighted by Crippen LogP contribution is 2.49. The molecule has 3 aliphatic rings. The van der Waals surface area contributed by atoms with Crippen molar-refractivity contribution >= 4 is 5.91 Å². The summed E-state index contributed by atoms with van der Waals surface area (Å²) < 4.78 is 11.1. The van der Waals surface area contributed by atoms with E-state index in [2.05, 4.69) is 5.32 Å². The summed E-state index contributed by atoms with van der Waals surface area (Å²) in [5.74, 6) is 2.68. The number of amides is 1. The zero-order valence-corrected chi connectivity index (χ0v) is 13.0. The maximum absolute atomic E-state index is 11.9. The van der Waals surface area contributed by atoms with Crippen LogP contribution in [0.4, 0.5) is 0 Å². The molecule has 4 unspecified atom stereocenters. The third-order valence-electron chi connectivity index (χ3n) is 5.45. The second kappa shape index (κ2) is 7.59. The molecule has 21 heavy (non-hydrogen) atoms. The van der Waals surface area contributed by atoms with Crippen molar-refractivity contribution in [2.24, 2.45) is 17.8 Å². The number of ether oxygens (including phenoxy) is 2. The van der Waals surface area contributed by atoms with Crippen LogP contribution in [0.3, 0.4) is 0 Å². The van der Waals surface area contributed by atoms with Gasteiger partial charge in [-0.3, -0.25) is 4.79 Å². The van der Waals surface area contributed by atoms with Crippen molar-refractivity contribution in [3.63, 3.8) is 0 Å². The molecule has 120 valence electrons. The molecule has 0 aromatic rings. The van der Waals surface area contributed by atoms with E-state index < -0.39 is 0 Å². The van der Waals surface area contributed by atoms with E-state index in [1.807, 2.05) is 0 Å². The predicted octanol–water partition coefficient (Wildman–Crippen LogP) is 2.51. The Hall–Kier alpha value is -0.610. The Kier molecular flexibility index (Phi) is 5.53.